The van der Waals surface area contributed by atoms with Crippen molar-refractivity contribution in [2.45, 2.75) is 44.6 Å². The smallest absolute Gasteiger partial charge is 0.317 e. The fourth-order valence-corrected chi connectivity index (χ4v) is 4.62. The zero-order valence-electron chi connectivity index (χ0n) is 16.7. The van der Waals surface area contributed by atoms with Gasteiger partial charge in [-0.2, -0.15) is 0 Å². The van der Waals surface area contributed by atoms with Crippen LogP contribution in [0.5, 0.6) is 0 Å². The molecule has 27 heavy (non-hydrogen) atoms. The highest BCUT2D eigenvalue weighted by Gasteiger charge is 2.34. The van der Waals surface area contributed by atoms with Crippen LogP contribution in [0.2, 0.25) is 0 Å². The zero-order valence-corrected chi connectivity index (χ0v) is 16.7. The Kier molecular flexibility index (Phi) is 7.96. The van der Waals surface area contributed by atoms with E-state index in [1.807, 2.05) is 23.1 Å². The molecule has 2 fully saturated rings. The molecule has 2 heterocycles. The molecule has 0 aromatic heterocycles. The lowest BCUT2D eigenvalue weighted by molar-refractivity contribution is 0.0421. The molecule has 150 valence electrons. The number of nitrogens with one attached hydrogen (secondary N) is 1. The molecule has 1 aromatic carbocycles. The van der Waals surface area contributed by atoms with E-state index in [0.29, 0.717) is 31.7 Å². The summed E-state index contributed by atoms with van der Waals surface area (Å²) in [6, 6.07) is 11.0. The molecular formula is C22H35N3O2. The van der Waals surface area contributed by atoms with Gasteiger partial charge in [0.2, 0.25) is 0 Å². The highest BCUT2D eigenvalue weighted by atomic mass is 16.5. The third-order valence-corrected chi connectivity index (χ3v) is 6.07. The number of fused-ring (bicyclic) bond motifs is 1. The summed E-state index contributed by atoms with van der Waals surface area (Å²) in [5, 5.41) is 3.12. The second-order valence-corrected chi connectivity index (χ2v) is 7.91. The van der Waals surface area contributed by atoms with Crippen LogP contribution in [-0.4, -0.2) is 68.3 Å². The number of methoxy groups -OCH3 is 1. The first kappa shape index (κ1) is 20.2. The fourth-order valence-electron chi connectivity index (χ4n) is 4.62. The summed E-state index contributed by atoms with van der Waals surface area (Å²) in [6.07, 6.45) is 7.31. The zero-order chi connectivity index (χ0) is 18.9. The Bertz CT molecular complexity index is 564. The lowest BCUT2D eigenvalue weighted by Crippen LogP contribution is -2.53. The van der Waals surface area contributed by atoms with Crippen molar-refractivity contribution in [3.63, 3.8) is 0 Å². The van der Waals surface area contributed by atoms with E-state index in [1.54, 1.807) is 7.11 Å². The Morgan fingerprint density at radius 1 is 1.19 bits per heavy atom. The van der Waals surface area contributed by atoms with E-state index in [2.05, 4.69) is 22.3 Å². The van der Waals surface area contributed by atoms with Crippen LogP contribution in [0.1, 0.15) is 37.7 Å². The number of benzene rings is 1. The molecule has 2 atom stereocenters. The predicted molar refractivity (Wildman–Crippen MR) is 109 cm³/mol. The molecule has 0 radical (unpaired) electrons. The van der Waals surface area contributed by atoms with Gasteiger partial charge in [0, 0.05) is 32.8 Å². The lowest BCUT2D eigenvalue weighted by atomic mass is 9.83. The number of piperidine rings is 2. The van der Waals surface area contributed by atoms with Gasteiger partial charge in [-0.1, -0.05) is 36.8 Å². The Hall–Kier alpha value is -1.59. The largest absolute Gasteiger partial charge is 0.383 e. The van der Waals surface area contributed by atoms with Gasteiger partial charge in [0.1, 0.15) is 0 Å². The van der Waals surface area contributed by atoms with E-state index in [0.717, 1.165) is 13.0 Å². The maximum Gasteiger partial charge on any atom is 0.317 e. The van der Waals surface area contributed by atoms with Crippen LogP contribution in [0.25, 0.3) is 0 Å². The van der Waals surface area contributed by atoms with E-state index in [1.165, 1.54) is 50.8 Å². The Labute approximate surface area is 164 Å². The SMILES string of the molecule is COCCN(C[C@@H]1CCCN2CCCC[C@H]12)C(=O)NCCc1ccccc1. The second-order valence-electron chi connectivity index (χ2n) is 7.91. The Morgan fingerprint density at radius 3 is 2.81 bits per heavy atom. The normalized spacial score (nSPS) is 22.9. The number of ether oxygens (including phenoxy) is 1. The summed E-state index contributed by atoms with van der Waals surface area (Å²) in [6.45, 7) is 5.25. The van der Waals surface area contributed by atoms with E-state index < -0.39 is 0 Å². The highest BCUT2D eigenvalue weighted by molar-refractivity contribution is 5.74. The number of hydrogen-bond donors (Lipinski definition) is 1. The first-order chi connectivity index (χ1) is 13.3. The molecule has 0 unspecified atom stereocenters. The number of carbonyl (C=O) groups excluding carboxylic acids is 1. The van der Waals surface area contributed by atoms with Crippen LogP contribution in [0.3, 0.4) is 0 Å². The number of amides is 2. The van der Waals surface area contributed by atoms with Gasteiger partial charge in [0.25, 0.3) is 0 Å². The number of carbonyl (C=O) groups is 1. The van der Waals surface area contributed by atoms with Crippen molar-refractivity contribution in [3.05, 3.63) is 35.9 Å². The van der Waals surface area contributed by atoms with Crippen molar-refractivity contribution >= 4 is 6.03 Å². The standard InChI is InChI=1S/C22H35N3O2/c1-27-17-16-25(22(26)23-13-12-19-8-3-2-4-9-19)18-20-10-7-15-24-14-6-5-11-21(20)24/h2-4,8-9,20-21H,5-7,10-18H2,1H3,(H,23,26)/t20-,21+/m0/s1. The number of urea groups is 1. The molecule has 5 heteroatoms. The van der Waals surface area contributed by atoms with Crippen molar-refractivity contribution in [2.75, 3.05) is 46.4 Å². The summed E-state index contributed by atoms with van der Waals surface area (Å²) in [4.78, 5) is 17.5. The second kappa shape index (κ2) is 10.7. The Morgan fingerprint density at radius 2 is 2.00 bits per heavy atom. The highest BCUT2D eigenvalue weighted by Crippen LogP contribution is 2.31. The van der Waals surface area contributed by atoms with E-state index in [4.69, 9.17) is 4.74 Å². The van der Waals surface area contributed by atoms with Crippen LogP contribution < -0.4 is 5.32 Å². The minimum absolute atomic E-state index is 0.0518. The summed E-state index contributed by atoms with van der Waals surface area (Å²) in [5.74, 6) is 0.593. The van der Waals surface area contributed by atoms with Crippen LogP contribution >= 0.6 is 0 Å². The quantitative estimate of drug-likeness (QED) is 0.761. The van der Waals surface area contributed by atoms with E-state index >= 15 is 0 Å². The molecule has 2 aliphatic heterocycles. The number of nitrogens with zero attached hydrogens (tertiary/aromatic N) is 2. The van der Waals surface area contributed by atoms with E-state index in [-0.39, 0.29) is 6.03 Å². The maximum atomic E-state index is 12.8. The van der Waals surface area contributed by atoms with Gasteiger partial charge in [-0.15, -0.1) is 0 Å². The molecule has 0 aliphatic carbocycles. The summed E-state index contributed by atoms with van der Waals surface area (Å²) >= 11 is 0. The van der Waals surface area contributed by atoms with Crippen LogP contribution in [0.4, 0.5) is 4.79 Å². The molecule has 3 rings (SSSR count). The Balaban J connectivity index is 1.53. The molecule has 2 aliphatic rings. The van der Waals surface area contributed by atoms with Crippen molar-refractivity contribution < 1.29 is 9.53 Å². The lowest BCUT2D eigenvalue weighted by Gasteiger charge is -2.45. The van der Waals surface area contributed by atoms with Crippen LogP contribution in [-0.2, 0) is 11.2 Å². The molecule has 0 bridgehead atoms. The monoisotopic (exact) mass is 373 g/mol. The average molecular weight is 374 g/mol. The van der Waals surface area contributed by atoms with Gasteiger partial charge in [-0.25, -0.2) is 4.79 Å². The van der Waals surface area contributed by atoms with Crippen LogP contribution in [0.15, 0.2) is 30.3 Å². The van der Waals surface area contributed by atoms with Gasteiger partial charge in [-0.3, -0.25) is 0 Å². The molecule has 0 spiro atoms. The topological polar surface area (TPSA) is 44.8 Å². The van der Waals surface area contributed by atoms with Crippen LogP contribution in [0, 0.1) is 5.92 Å². The molecule has 1 aromatic rings. The molecule has 1 N–H and O–H groups in total. The van der Waals surface area contributed by atoms with Crippen molar-refractivity contribution in [1.29, 1.82) is 0 Å². The summed E-state index contributed by atoms with van der Waals surface area (Å²) in [7, 11) is 1.70. The van der Waals surface area contributed by atoms with Gasteiger partial charge in [-0.05, 0) is 56.7 Å². The summed E-state index contributed by atoms with van der Waals surface area (Å²) in [5.41, 5.74) is 1.26. The number of rotatable bonds is 8. The van der Waals surface area contributed by atoms with Crippen molar-refractivity contribution in [2.24, 2.45) is 5.92 Å². The van der Waals surface area contributed by atoms with Crippen molar-refractivity contribution in [1.82, 2.24) is 15.1 Å². The van der Waals surface area contributed by atoms with E-state index in [9.17, 15) is 4.79 Å². The van der Waals surface area contributed by atoms with Gasteiger partial charge >= 0.3 is 6.03 Å². The minimum atomic E-state index is 0.0518. The van der Waals surface area contributed by atoms with Gasteiger partial charge in [0.05, 0.1) is 6.61 Å². The number of hydrogen-bond acceptors (Lipinski definition) is 3. The maximum absolute atomic E-state index is 12.8. The molecule has 5 nitrogen and oxygen atoms in total. The molecule has 2 amide bonds. The first-order valence-electron chi connectivity index (χ1n) is 10.6. The molecular weight excluding hydrogens is 338 g/mol. The summed E-state index contributed by atoms with van der Waals surface area (Å²) < 4.78 is 5.26. The third kappa shape index (κ3) is 5.94. The predicted octanol–water partition coefficient (Wildman–Crippen LogP) is 3.15. The van der Waals surface area contributed by atoms with Crippen molar-refractivity contribution in [3.8, 4) is 0 Å². The third-order valence-electron chi connectivity index (χ3n) is 6.07. The van der Waals surface area contributed by atoms with Gasteiger partial charge < -0.3 is 19.9 Å². The molecule has 0 saturated carbocycles. The molecule has 2 saturated heterocycles. The fraction of sp³-hybridized carbons (Fsp3) is 0.682. The average Bonchev–Trinajstić information content (AvgIpc) is 2.72. The first-order valence-corrected chi connectivity index (χ1v) is 10.6. The minimum Gasteiger partial charge on any atom is -0.383 e. The van der Waals surface area contributed by atoms with Gasteiger partial charge in [0.15, 0.2) is 0 Å².